The van der Waals surface area contributed by atoms with Crippen LogP contribution < -0.4 is 14.8 Å². The Labute approximate surface area is 161 Å². The molecule has 0 amide bonds. The fraction of sp³-hybridized carbons (Fsp3) is 0.143. The fourth-order valence-corrected chi connectivity index (χ4v) is 3.93. The third kappa shape index (κ3) is 3.44. The van der Waals surface area contributed by atoms with Crippen LogP contribution in [0, 0.1) is 0 Å². The van der Waals surface area contributed by atoms with E-state index in [0.717, 1.165) is 38.5 Å². The quantitative estimate of drug-likeness (QED) is 0.513. The molecule has 0 aliphatic rings. The average Bonchev–Trinajstić information content (AvgIpc) is 3.17. The molecule has 0 unspecified atom stereocenters. The summed E-state index contributed by atoms with van der Waals surface area (Å²) in [5.41, 5.74) is 3.38. The molecule has 0 bridgehead atoms. The van der Waals surface area contributed by atoms with Crippen LogP contribution in [0.4, 0.5) is 5.82 Å². The molecule has 2 aromatic carbocycles. The second-order valence-corrected chi connectivity index (χ2v) is 6.82. The normalized spacial score (nSPS) is 10.7. The zero-order chi connectivity index (χ0) is 18.6. The van der Waals surface area contributed by atoms with Crippen LogP contribution in [0.1, 0.15) is 5.56 Å². The molecule has 0 spiro atoms. The molecular formula is C21H19N3O2S. The highest BCUT2D eigenvalue weighted by molar-refractivity contribution is 7.17. The zero-order valence-corrected chi connectivity index (χ0v) is 15.9. The Morgan fingerprint density at radius 2 is 1.78 bits per heavy atom. The SMILES string of the molecule is COc1ccc(CNc2ncnc3scc(-c4ccccc4)c23)cc1OC. The maximum atomic E-state index is 5.39. The summed E-state index contributed by atoms with van der Waals surface area (Å²) >= 11 is 1.63. The lowest BCUT2D eigenvalue weighted by atomic mass is 10.1. The number of aromatic nitrogens is 2. The van der Waals surface area contributed by atoms with E-state index in [1.165, 1.54) is 0 Å². The van der Waals surface area contributed by atoms with Crippen molar-refractivity contribution in [3.8, 4) is 22.6 Å². The zero-order valence-electron chi connectivity index (χ0n) is 15.1. The molecule has 0 aliphatic carbocycles. The van der Waals surface area contributed by atoms with Crippen LogP contribution in [0.3, 0.4) is 0 Å². The van der Waals surface area contributed by atoms with Crippen molar-refractivity contribution in [1.82, 2.24) is 9.97 Å². The molecule has 6 heteroatoms. The summed E-state index contributed by atoms with van der Waals surface area (Å²) in [6.45, 7) is 0.622. The molecule has 0 radical (unpaired) electrons. The highest BCUT2D eigenvalue weighted by Crippen LogP contribution is 2.36. The molecular weight excluding hydrogens is 358 g/mol. The van der Waals surface area contributed by atoms with Gasteiger partial charge in [-0.3, -0.25) is 0 Å². The van der Waals surface area contributed by atoms with Gasteiger partial charge in [0.2, 0.25) is 0 Å². The number of benzene rings is 2. The second kappa shape index (κ2) is 7.63. The van der Waals surface area contributed by atoms with E-state index in [4.69, 9.17) is 9.47 Å². The summed E-state index contributed by atoms with van der Waals surface area (Å²) in [5.74, 6) is 2.26. The maximum absolute atomic E-state index is 5.39. The topological polar surface area (TPSA) is 56.3 Å². The summed E-state index contributed by atoms with van der Waals surface area (Å²) in [6, 6.07) is 16.2. The van der Waals surface area contributed by atoms with E-state index in [1.54, 1.807) is 31.9 Å². The van der Waals surface area contributed by atoms with E-state index < -0.39 is 0 Å². The predicted octanol–water partition coefficient (Wildman–Crippen LogP) is 4.99. The van der Waals surface area contributed by atoms with Gasteiger partial charge in [-0.05, 0) is 23.3 Å². The Kier molecular flexibility index (Phi) is 4.89. The van der Waals surface area contributed by atoms with Gasteiger partial charge in [-0.15, -0.1) is 11.3 Å². The monoisotopic (exact) mass is 377 g/mol. The molecule has 0 saturated carbocycles. The van der Waals surface area contributed by atoms with Crippen molar-refractivity contribution in [2.75, 3.05) is 19.5 Å². The van der Waals surface area contributed by atoms with Crippen molar-refractivity contribution in [2.24, 2.45) is 0 Å². The Morgan fingerprint density at radius 1 is 0.963 bits per heavy atom. The molecule has 27 heavy (non-hydrogen) atoms. The lowest BCUT2D eigenvalue weighted by Gasteiger charge is -2.11. The van der Waals surface area contributed by atoms with Crippen LogP contribution in [0.5, 0.6) is 11.5 Å². The van der Waals surface area contributed by atoms with E-state index >= 15 is 0 Å². The molecule has 1 N–H and O–H groups in total. The van der Waals surface area contributed by atoms with E-state index in [1.807, 2.05) is 36.4 Å². The summed E-state index contributed by atoms with van der Waals surface area (Å²) in [7, 11) is 3.27. The smallest absolute Gasteiger partial charge is 0.161 e. The number of hydrogen-bond acceptors (Lipinski definition) is 6. The largest absolute Gasteiger partial charge is 0.493 e. The van der Waals surface area contributed by atoms with Gasteiger partial charge in [-0.1, -0.05) is 36.4 Å². The number of nitrogens with zero attached hydrogens (tertiary/aromatic N) is 2. The molecule has 136 valence electrons. The van der Waals surface area contributed by atoms with E-state index in [-0.39, 0.29) is 0 Å². The highest BCUT2D eigenvalue weighted by Gasteiger charge is 2.13. The van der Waals surface area contributed by atoms with Crippen LogP contribution in [0.2, 0.25) is 0 Å². The van der Waals surface area contributed by atoms with Crippen LogP contribution >= 0.6 is 11.3 Å². The molecule has 4 aromatic rings. The number of ether oxygens (including phenoxy) is 2. The van der Waals surface area contributed by atoms with Crippen molar-refractivity contribution in [3.63, 3.8) is 0 Å². The summed E-state index contributed by atoms with van der Waals surface area (Å²) in [6.07, 6.45) is 1.60. The van der Waals surface area contributed by atoms with Crippen molar-refractivity contribution in [3.05, 3.63) is 65.8 Å². The summed E-state index contributed by atoms with van der Waals surface area (Å²) in [5, 5.41) is 6.63. The van der Waals surface area contributed by atoms with Crippen LogP contribution in [0.15, 0.2) is 60.2 Å². The van der Waals surface area contributed by atoms with Crippen molar-refractivity contribution in [1.29, 1.82) is 0 Å². The Morgan fingerprint density at radius 3 is 2.56 bits per heavy atom. The number of fused-ring (bicyclic) bond motifs is 1. The van der Waals surface area contributed by atoms with Gasteiger partial charge in [-0.2, -0.15) is 0 Å². The molecule has 0 atom stereocenters. The Balaban J connectivity index is 1.66. The third-order valence-corrected chi connectivity index (χ3v) is 5.25. The number of rotatable bonds is 6. The maximum Gasteiger partial charge on any atom is 0.161 e. The number of anilines is 1. The van der Waals surface area contributed by atoms with Gasteiger partial charge in [0.25, 0.3) is 0 Å². The van der Waals surface area contributed by atoms with E-state index in [0.29, 0.717) is 12.3 Å². The first-order chi connectivity index (χ1) is 13.3. The number of nitrogens with one attached hydrogen (secondary N) is 1. The lowest BCUT2D eigenvalue weighted by Crippen LogP contribution is -2.03. The average molecular weight is 377 g/mol. The third-order valence-electron chi connectivity index (χ3n) is 4.36. The van der Waals surface area contributed by atoms with Crippen LogP contribution in [-0.2, 0) is 6.54 Å². The molecule has 0 aliphatic heterocycles. The van der Waals surface area contributed by atoms with Crippen molar-refractivity contribution < 1.29 is 9.47 Å². The molecule has 4 rings (SSSR count). The minimum Gasteiger partial charge on any atom is -0.493 e. The highest BCUT2D eigenvalue weighted by atomic mass is 32.1. The molecule has 5 nitrogen and oxygen atoms in total. The standard InChI is InChI=1S/C21H19N3O2S/c1-25-17-9-8-14(10-18(17)26-2)11-22-20-19-16(15-6-4-3-5-7-15)12-27-21(19)24-13-23-20/h3-10,12-13H,11H2,1-2H3,(H,22,23,24). The first-order valence-corrected chi connectivity index (χ1v) is 9.40. The molecule has 0 saturated heterocycles. The summed E-state index contributed by atoms with van der Waals surface area (Å²) in [4.78, 5) is 9.88. The van der Waals surface area contributed by atoms with Crippen molar-refractivity contribution >= 4 is 27.4 Å². The summed E-state index contributed by atoms with van der Waals surface area (Å²) < 4.78 is 10.7. The fourth-order valence-electron chi connectivity index (χ4n) is 3.02. The Hall–Kier alpha value is -3.12. The molecule has 0 fully saturated rings. The van der Waals surface area contributed by atoms with Gasteiger partial charge >= 0.3 is 0 Å². The van der Waals surface area contributed by atoms with Gasteiger partial charge in [0.15, 0.2) is 11.5 Å². The number of hydrogen-bond donors (Lipinski definition) is 1. The van der Waals surface area contributed by atoms with Crippen molar-refractivity contribution in [2.45, 2.75) is 6.54 Å². The molecule has 2 aromatic heterocycles. The van der Waals surface area contributed by atoms with Crippen LogP contribution in [-0.4, -0.2) is 24.2 Å². The van der Waals surface area contributed by atoms with Crippen LogP contribution in [0.25, 0.3) is 21.3 Å². The molecule has 2 heterocycles. The first kappa shape index (κ1) is 17.3. The number of thiophene rings is 1. The predicted molar refractivity (Wildman–Crippen MR) is 110 cm³/mol. The lowest BCUT2D eigenvalue weighted by molar-refractivity contribution is 0.354. The van der Waals surface area contributed by atoms with E-state index in [9.17, 15) is 0 Å². The minimum absolute atomic E-state index is 0.622. The Bertz CT molecular complexity index is 1060. The number of methoxy groups -OCH3 is 2. The van der Waals surface area contributed by atoms with Gasteiger partial charge < -0.3 is 14.8 Å². The second-order valence-electron chi connectivity index (χ2n) is 5.96. The minimum atomic E-state index is 0.622. The van der Waals surface area contributed by atoms with Gasteiger partial charge in [0.1, 0.15) is 17.0 Å². The van der Waals surface area contributed by atoms with E-state index in [2.05, 4.69) is 32.8 Å². The van der Waals surface area contributed by atoms with Gasteiger partial charge in [-0.25, -0.2) is 9.97 Å². The van der Waals surface area contributed by atoms with Gasteiger partial charge in [0.05, 0.1) is 19.6 Å². The first-order valence-electron chi connectivity index (χ1n) is 8.52. The van der Waals surface area contributed by atoms with Gasteiger partial charge in [0, 0.05) is 17.5 Å².